The highest BCUT2D eigenvalue weighted by Gasteiger charge is 2.09. The molecule has 0 spiro atoms. The number of fused-ring (bicyclic) bond motifs is 1. The van der Waals surface area contributed by atoms with Gasteiger partial charge in [0.15, 0.2) is 0 Å². The van der Waals surface area contributed by atoms with E-state index in [2.05, 4.69) is 41.8 Å². The van der Waals surface area contributed by atoms with Crippen LogP contribution in [-0.2, 0) is 13.0 Å². The molecule has 0 fully saturated rings. The number of para-hydroxylation sites is 1. The van der Waals surface area contributed by atoms with E-state index in [-0.39, 0.29) is 0 Å². The standard InChI is InChI=1S/C25H33NO2/c1-2-3-4-5-6-7-10-21-13-15-24(16-14-21)28-20-23(27)19-26-18-17-22-11-8-9-12-25(22)26/h8-9,11-18,23,27H,2-7,10,19-20H2,1H3. The zero-order valence-corrected chi connectivity index (χ0v) is 17.0. The Morgan fingerprint density at radius 3 is 2.46 bits per heavy atom. The predicted molar refractivity (Wildman–Crippen MR) is 117 cm³/mol. The van der Waals surface area contributed by atoms with Crippen LogP contribution in [0.4, 0.5) is 0 Å². The molecule has 1 N–H and O–H groups in total. The van der Waals surface area contributed by atoms with E-state index in [1.165, 1.54) is 49.5 Å². The minimum absolute atomic E-state index is 0.295. The monoisotopic (exact) mass is 379 g/mol. The number of aliphatic hydroxyl groups excluding tert-OH is 1. The molecule has 3 heteroatoms. The third-order valence-electron chi connectivity index (χ3n) is 5.27. The highest BCUT2D eigenvalue weighted by atomic mass is 16.5. The lowest BCUT2D eigenvalue weighted by molar-refractivity contribution is 0.0935. The minimum atomic E-state index is -0.543. The number of hydrogen-bond donors (Lipinski definition) is 1. The lowest BCUT2D eigenvalue weighted by Gasteiger charge is -2.14. The Balaban J connectivity index is 1.39. The van der Waals surface area contributed by atoms with Crippen LogP contribution in [0, 0.1) is 0 Å². The smallest absolute Gasteiger partial charge is 0.119 e. The molecular formula is C25H33NO2. The summed E-state index contributed by atoms with van der Waals surface area (Å²) >= 11 is 0. The molecule has 0 aliphatic carbocycles. The summed E-state index contributed by atoms with van der Waals surface area (Å²) in [6.07, 6.45) is 10.6. The lowest BCUT2D eigenvalue weighted by Crippen LogP contribution is -2.23. The first-order valence-electron chi connectivity index (χ1n) is 10.7. The van der Waals surface area contributed by atoms with Gasteiger partial charge in [0.2, 0.25) is 0 Å². The summed E-state index contributed by atoms with van der Waals surface area (Å²) in [5, 5.41) is 11.5. The van der Waals surface area contributed by atoms with Gasteiger partial charge in [-0.15, -0.1) is 0 Å². The van der Waals surface area contributed by atoms with E-state index in [0.717, 1.165) is 17.7 Å². The Bertz CT molecular complexity index is 822. The summed E-state index contributed by atoms with van der Waals surface area (Å²) in [5.74, 6) is 0.822. The fourth-order valence-corrected chi connectivity index (χ4v) is 3.63. The van der Waals surface area contributed by atoms with Crippen LogP contribution >= 0.6 is 0 Å². The molecule has 2 aromatic carbocycles. The predicted octanol–water partition coefficient (Wildman–Crippen LogP) is 5.98. The van der Waals surface area contributed by atoms with Gasteiger partial charge >= 0.3 is 0 Å². The maximum absolute atomic E-state index is 10.4. The van der Waals surface area contributed by atoms with Gasteiger partial charge in [-0.1, -0.05) is 69.4 Å². The van der Waals surface area contributed by atoms with E-state index in [0.29, 0.717) is 13.2 Å². The molecule has 1 heterocycles. The first-order valence-corrected chi connectivity index (χ1v) is 10.7. The van der Waals surface area contributed by atoms with Crippen LogP contribution < -0.4 is 4.74 Å². The van der Waals surface area contributed by atoms with E-state index in [1.807, 2.05) is 30.5 Å². The summed E-state index contributed by atoms with van der Waals surface area (Å²) in [5.41, 5.74) is 2.50. The van der Waals surface area contributed by atoms with Gasteiger partial charge in [0.1, 0.15) is 18.5 Å². The second kappa shape index (κ2) is 10.9. The molecule has 3 aromatic rings. The fraction of sp³-hybridized carbons (Fsp3) is 0.440. The third-order valence-corrected chi connectivity index (χ3v) is 5.27. The van der Waals surface area contributed by atoms with Crippen molar-refractivity contribution >= 4 is 10.9 Å². The van der Waals surface area contributed by atoms with Gasteiger partial charge in [-0.25, -0.2) is 0 Å². The summed E-state index contributed by atoms with van der Waals surface area (Å²) in [4.78, 5) is 0. The zero-order valence-electron chi connectivity index (χ0n) is 17.0. The summed E-state index contributed by atoms with van der Waals surface area (Å²) in [6.45, 7) is 3.08. The largest absolute Gasteiger partial charge is 0.491 e. The molecule has 0 aliphatic heterocycles. The van der Waals surface area contributed by atoms with Gasteiger partial charge in [-0.2, -0.15) is 0 Å². The van der Waals surface area contributed by atoms with E-state index >= 15 is 0 Å². The fourth-order valence-electron chi connectivity index (χ4n) is 3.63. The first-order chi connectivity index (χ1) is 13.8. The first kappa shape index (κ1) is 20.5. The quantitative estimate of drug-likeness (QED) is 0.393. The van der Waals surface area contributed by atoms with Crippen molar-refractivity contribution in [3.05, 3.63) is 66.4 Å². The van der Waals surface area contributed by atoms with Crippen LogP contribution in [0.1, 0.15) is 51.0 Å². The second-order valence-corrected chi connectivity index (χ2v) is 7.65. The average molecular weight is 380 g/mol. The van der Waals surface area contributed by atoms with Crippen LogP contribution in [0.3, 0.4) is 0 Å². The van der Waals surface area contributed by atoms with Gasteiger partial charge in [0.05, 0.1) is 6.54 Å². The summed E-state index contributed by atoms with van der Waals surface area (Å²) in [7, 11) is 0. The molecule has 0 amide bonds. The Morgan fingerprint density at radius 1 is 0.893 bits per heavy atom. The van der Waals surface area contributed by atoms with Crippen molar-refractivity contribution in [1.82, 2.24) is 4.57 Å². The van der Waals surface area contributed by atoms with Crippen LogP contribution in [0.2, 0.25) is 0 Å². The minimum Gasteiger partial charge on any atom is -0.491 e. The van der Waals surface area contributed by atoms with E-state index in [9.17, 15) is 5.11 Å². The van der Waals surface area contributed by atoms with Crippen LogP contribution in [0.15, 0.2) is 60.8 Å². The normalized spacial score (nSPS) is 12.4. The number of benzene rings is 2. The maximum atomic E-state index is 10.4. The van der Waals surface area contributed by atoms with Gasteiger partial charge in [-0.3, -0.25) is 0 Å². The van der Waals surface area contributed by atoms with Crippen molar-refractivity contribution in [2.75, 3.05) is 6.61 Å². The van der Waals surface area contributed by atoms with Gasteiger partial charge in [0, 0.05) is 11.7 Å². The number of nitrogens with zero attached hydrogens (tertiary/aromatic N) is 1. The summed E-state index contributed by atoms with van der Waals surface area (Å²) in [6, 6.07) is 18.6. The SMILES string of the molecule is CCCCCCCCc1ccc(OCC(O)Cn2ccc3ccccc32)cc1. The van der Waals surface area contributed by atoms with Crippen LogP contribution in [-0.4, -0.2) is 22.4 Å². The number of rotatable bonds is 12. The number of aromatic nitrogens is 1. The van der Waals surface area contributed by atoms with Crippen molar-refractivity contribution in [2.24, 2.45) is 0 Å². The highest BCUT2D eigenvalue weighted by Crippen LogP contribution is 2.17. The molecule has 1 unspecified atom stereocenters. The number of hydrogen-bond acceptors (Lipinski definition) is 2. The van der Waals surface area contributed by atoms with Gasteiger partial charge < -0.3 is 14.4 Å². The average Bonchev–Trinajstić information content (AvgIpc) is 3.13. The molecule has 0 bridgehead atoms. The Morgan fingerprint density at radius 2 is 1.64 bits per heavy atom. The molecule has 3 rings (SSSR count). The second-order valence-electron chi connectivity index (χ2n) is 7.65. The Labute approximate surface area is 169 Å². The molecule has 1 atom stereocenters. The molecule has 0 saturated heterocycles. The summed E-state index contributed by atoms with van der Waals surface area (Å²) < 4.78 is 7.87. The zero-order chi connectivity index (χ0) is 19.6. The van der Waals surface area contributed by atoms with E-state index in [4.69, 9.17) is 4.74 Å². The van der Waals surface area contributed by atoms with Crippen molar-refractivity contribution < 1.29 is 9.84 Å². The molecule has 1 aromatic heterocycles. The van der Waals surface area contributed by atoms with Gasteiger partial charge in [0.25, 0.3) is 0 Å². The molecule has 28 heavy (non-hydrogen) atoms. The van der Waals surface area contributed by atoms with Crippen LogP contribution in [0.5, 0.6) is 5.75 Å². The topological polar surface area (TPSA) is 34.4 Å². The van der Waals surface area contributed by atoms with E-state index < -0.39 is 6.10 Å². The molecule has 150 valence electrons. The molecule has 0 radical (unpaired) electrons. The van der Waals surface area contributed by atoms with Crippen LogP contribution in [0.25, 0.3) is 10.9 Å². The number of unbranched alkanes of at least 4 members (excludes halogenated alkanes) is 5. The Hall–Kier alpha value is -2.26. The molecular weight excluding hydrogens is 346 g/mol. The number of aliphatic hydroxyl groups is 1. The van der Waals surface area contributed by atoms with Crippen molar-refractivity contribution in [3.63, 3.8) is 0 Å². The number of ether oxygens (including phenoxy) is 1. The molecule has 0 aliphatic rings. The van der Waals surface area contributed by atoms with Crippen molar-refractivity contribution in [2.45, 2.75) is 64.5 Å². The molecule has 0 saturated carbocycles. The maximum Gasteiger partial charge on any atom is 0.119 e. The molecule has 3 nitrogen and oxygen atoms in total. The lowest BCUT2D eigenvalue weighted by atomic mass is 10.0. The van der Waals surface area contributed by atoms with Gasteiger partial charge in [-0.05, 0) is 48.1 Å². The van der Waals surface area contributed by atoms with Crippen molar-refractivity contribution in [3.8, 4) is 5.75 Å². The highest BCUT2D eigenvalue weighted by molar-refractivity contribution is 5.79. The number of aryl methyl sites for hydroxylation is 1. The van der Waals surface area contributed by atoms with Crippen molar-refractivity contribution in [1.29, 1.82) is 0 Å². The Kier molecular flexibility index (Phi) is 7.98. The van der Waals surface area contributed by atoms with E-state index in [1.54, 1.807) is 0 Å². The third kappa shape index (κ3) is 6.13.